The molecule has 0 radical (unpaired) electrons. The highest BCUT2D eigenvalue weighted by Gasteiger charge is 2.19. The first-order valence-electron chi connectivity index (χ1n) is 7.71. The van der Waals surface area contributed by atoms with Gasteiger partial charge in [-0.3, -0.25) is 4.98 Å². The van der Waals surface area contributed by atoms with E-state index in [1.165, 1.54) is 5.69 Å². The van der Waals surface area contributed by atoms with Gasteiger partial charge in [0.05, 0.1) is 6.10 Å². The fourth-order valence-corrected chi connectivity index (χ4v) is 2.83. The SMILES string of the molecule is CC(C)CC(O)CNC1CCN(c2ccncc2)CC1. The molecule has 0 spiro atoms. The van der Waals surface area contributed by atoms with Gasteiger partial charge in [0.25, 0.3) is 0 Å². The van der Waals surface area contributed by atoms with Crippen LogP contribution in [0.25, 0.3) is 0 Å². The van der Waals surface area contributed by atoms with Crippen molar-refractivity contribution in [3.8, 4) is 0 Å². The molecule has 0 aromatic carbocycles. The Bertz CT molecular complexity index is 375. The first kappa shape index (κ1) is 15.3. The van der Waals surface area contributed by atoms with Crippen molar-refractivity contribution in [3.63, 3.8) is 0 Å². The van der Waals surface area contributed by atoms with Gasteiger partial charge in [-0.1, -0.05) is 13.8 Å². The maximum Gasteiger partial charge on any atom is 0.0667 e. The number of rotatable bonds is 6. The fourth-order valence-electron chi connectivity index (χ4n) is 2.83. The number of hydrogen-bond acceptors (Lipinski definition) is 4. The molecule has 4 nitrogen and oxygen atoms in total. The van der Waals surface area contributed by atoms with Gasteiger partial charge < -0.3 is 15.3 Å². The van der Waals surface area contributed by atoms with Crippen molar-refractivity contribution in [2.24, 2.45) is 5.92 Å². The van der Waals surface area contributed by atoms with E-state index < -0.39 is 0 Å². The van der Waals surface area contributed by atoms with E-state index in [1.807, 2.05) is 12.4 Å². The summed E-state index contributed by atoms with van der Waals surface area (Å²) >= 11 is 0. The molecule has 1 saturated heterocycles. The van der Waals surface area contributed by atoms with Crippen molar-refractivity contribution < 1.29 is 5.11 Å². The van der Waals surface area contributed by atoms with Gasteiger partial charge in [-0.2, -0.15) is 0 Å². The highest BCUT2D eigenvalue weighted by atomic mass is 16.3. The highest BCUT2D eigenvalue weighted by molar-refractivity contribution is 5.44. The second-order valence-corrected chi connectivity index (χ2v) is 6.16. The van der Waals surface area contributed by atoms with Crippen LogP contribution in [-0.4, -0.2) is 41.9 Å². The lowest BCUT2D eigenvalue weighted by Gasteiger charge is -2.34. The normalized spacial score (nSPS) is 18.5. The summed E-state index contributed by atoms with van der Waals surface area (Å²) in [6.07, 6.45) is 6.63. The minimum absolute atomic E-state index is 0.215. The van der Waals surface area contributed by atoms with E-state index in [0.29, 0.717) is 12.0 Å². The zero-order valence-electron chi connectivity index (χ0n) is 12.6. The largest absolute Gasteiger partial charge is 0.392 e. The van der Waals surface area contributed by atoms with Crippen molar-refractivity contribution in [1.82, 2.24) is 10.3 Å². The Morgan fingerprint density at radius 3 is 2.55 bits per heavy atom. The summed E-state index contributed by atoms with van der Waals surface area (Å²) < 4.78 is 0. The predicted octanol–water partition coefficient (Wildman–Crippen LogP) is 2.05. The zero-order chi connectivity index (χ0) is 14.4. The molecule has 0 bridgehead atoms. The van der Waals surface area contributed by atoms with Crippen LogP contribution < -0.4 is 10.2 Å². The monoisotopic (exact) mass is 277 g/mol. The standard InChI is InChI=1S/C16H27N3O/c1-13(2)11-16(20)12-18-14-5-9-19(10-6-14)15-3-7-17-8-4-15/h3-4,7-8,13-14,16,18,20H,5-6,9-12H2,1-2H3. The molecule has 1 atom stereocenters. The average Bonchev–Trinajstić information content (AvgIpc) is 2.46. The van der Waals surface area contributed by atoms with Crippen molar-refractivity contribution in [3.05, 3.63) is 24.5 Å². The third-order valence-electron chi connectivity index (χ3n) is 3.91. The summed E-state index contributed by atoms with van der Waals surface area (Å²) in [6.45, 7) is 7.16. The van der Waals surface area contributed by atoms with Crippen LogP contribution in [0, 0.1) is 5.92 Å². The molecule has 4 heteroatoms. The van der Waals surface area contributed by atoms with Gasteiger partial charge in [0.2, 0.25) is 0 Å². The lowest BCUT2D eigenvalue weighted by atomic mass is 10.0. The zero-order valence-corrected chi connectivity index (χ0v) is 12.6. The van der Waals surface area contributed by atoms with Crippen LogP contribution in [0.3, 0.4) is 0 Å². The quantitative estimate of drug-likeness (QED) is 0.835. The van der Waals surface area contributed by atoms with E-state index >= 15 is 0 Å². The third kappa shape index (κ3) is 4.76. The number of hydrogen-bond donors (Lipinski definition) is 2. The molecular formula is C16H27N3O. The topological polar surface area (TPSA) is 48.4 Å². The molecule has 1 fully saturated rings. The molecule has 1 aromatic heterocycles. The predicted molar refractivity (Wildman–Crippen MR) is 82.9 cm³/mol. The van der Waals surface area contributed by atoms with E-state index in [0.717, 1.165) is 38.9 Å². The van der Waals surface area contributed by atoms with Crippen LogP contribution >= 0.6 is 0 Å². The Hall–Kier alpha value is -1.13. The Morgan fingerprint density at radius 1 is 1.30 bits per heavy atom. The first-order chi connectivity index (χ1) is 9.65. The molecule has 1 aromatic rings. The minimum Gasteiger partial charge on any atom is -0.392 e. The molecule has 1 aliphatic rings. The van der Waals surface area contributed by atoms with E-state index in [-0.39, 0.29) is 6.10 Å². The second-order valence-electron chi connectivity index (χ2n) is 6.16. The molecular weight excluding hydrogens is 250 g/mol. The molecule has 0 saturated carbocycles. The van der Waals surface area contributed by atoms with Gasteiger partial charge in [-0.05, 0) is 37.3 Å². The van der Waals surface area contributed by atoms with Crippen LogP contribution in [0.5, 0.6) is 0 Å². The molecule has 2 N–H and O–H groups in total. The van der Waals surface area contributed by atoms with E-state index in [1.54, 1.807) is 0 Å². The molecule has 20 heavy (non-hydrogen) atoms. The summed E-state index contributed by atoms with van der Waals surface area (Å²) in [5.41, 5.74) is 1.26. The summed E-state index contributed by atoms with van der Waals surface area (Å²) in [6, 6.07) is 4.68. The van der Waals surface area contributed by atoms with E-state index in [4.69, 9.17) is 0 Å². The number of aliphatic hydroxyl groups is 1. The van der Waals surface area contributed by atoms with Gasteiger partial charge in [0.15, 0.2) is 0 Å². The molecule has 0 aliphatic carbocycles. The summed E-state index contributed by atoms with van der Waals surface area (Å²) in [7, 11) is 0. The van der Waals surface area contributed by atoms with Gasteiger partial charge in [-0.25, -0.2) is 0 Å². The van der Waals surface area contributed by atoms with Crippen LogP contribution in [0.1, 0.15) is 33.1 Å². The van der Waals surface area contributed by atoms with Crippen LogP contribution in [0.4, 0.5) is 5.69 Å². The highest BCUT2D eigenvalue weighted by Crippen LogP contribution is 2.18. The molecule has 1 unspecified atom stereocenters. The summed E-state index contributed by atoms with van der Waals surface area (Å²) in [4.78, 5) is 6.47. The lowest BCUT2D eigenvalue weighted by Crippen LogP contribution is -2.44. The number of anilines is 1. The minimum atomic E-state index is -0.215. The fraction of sp³-hybridized carbons (Fsp3) is 0.688. The Morgan fingerprint density at radius 2 is 1.95 bits per heavy atom. The molecule has 2 rings (SSSR count). The van der Waals surface area contributed by atoms with Crippen LogP contribution in [-0.2, 0) is 0 Å². The summed E-state index contributed by atoms with van der Waals surface area (Å²) in [5, 5.41) is 13.4. The Labute approximate surface area is 122 Å². The smallest absolute Gasteiger partial charge is 0.0667 e. The Kier molecular flexibility index (Phi) is 5.80. The van der Waals surface area contributed by atoms with Crippen LogP contribution in [0.15, 0.2) is 24.5 Å². The molecule has 2 heterocycles. The number of pyridine rings is 1. The third-order valence-corrected chi connectivity index (χ3v) is 3.91. The maximum atomic E-state index is 9.90. The number of aromatic nitrogens is 1. The van der Waals surface area contributed by atoms with E-state index in [9.17, 15) is 5.11 Å². The number of aliphatic hydroxyl groups excluding tert-OH is 1. The van der Waals surface area contributed by atoms with E-state index in [2.05, 4.69) is 41.2 Å². The van der Waals surface area contributed by atoms with Crippen molar-refractivity contribution in [1.29, 1.82) is 0 Å². The van der Waals surface area contributed by atoms with Crippen molar-refractivity contribution >= 4 is 5.69 Å². The maximum absolute atomic E-state index is 9.90. The van der Waals surface area contributed by atoms with Gasteiger partial charge in [-0.15, -0.1) is 0 Å². The van der Waals surface area contributed by atoms with Crippen LogP contribution in [0.2, 0.25) is 0 Å². The van der Waals surface area contributed by atoms with Gasteiger partial charge in [0, 0.05) is 43.8 Å². The van der Waals surface area contributed by atoms with Crippen molar-refractivity contribution in [2.75, 3.05) is 24.5 Å². The lowest BCUT2D eigenvalue weighted by molar-refractivity contribution is 0.140. The molecule has 112 valence electrons. The van der Waals surface area contributed by atoms with Crippen molar-refractivity contribution in [2.45, 2.75) is 45.3 Å². The first-order valence-corrected chi connectivity index (χ1v) is 7.71. The second kappa shape index (κ2) is 7.60. The number of nitrogens with one attached hydrogen (secondary N) is 1. The molecule has 1 aliphatic heterocycles. The number of piperidine rings is 1. The molecule has 0 amide bonds. The van der Waals surface area contributed by atoms with Gasteiger partial charge in [0.1, 0.15) is 0 Å². The average molecular weight is 277 g/mol. The number of nitrogens with zero attached hydrogens (tertiary/aromatic N) is 2. The van der Waals surface area contributed by atoms with Gasteiger partial charge >= 0.3 is 0 Å². The summed E-state index contributed by atoms with van der Waals surface area (Å²) in [5.74, 6) is 0.556. The Balaban J connectivity index is 1.69.